The lowest BCUT2D eigenvalue weighted by Gasteiger charge is -2.35. The van der Waals surface area contributed by atoms with E-state index in [-0.39, 0.29) is 17.1 Å². The van der Waals surface area contributed by atoms with Crippen molar-refractivity contribution in [2.75, 3.05) is 11.4 Å². The van der Waals surface area contributed by atoms with Gasteiger partial charge in [0.2, 0.25) is 0 Å². The number of fused-ring (bicyclic) bond motifs is 1. The molecule has 0 aromatic carbocycles. The highest BCUT2D eigenvalue weighted by Gasteiger charge is 2.26. The molecule has 158 valence electrons. The topological polar surface area (TPSA) is 63.9 Å². The molecule has 0 spiro atoms. The second-order valence-electron chi connectivity index (χ2n) is 8.24. The molecule has 1 atom stereocenters. The van der Waals surface area contributed by atoms with E-state index in [0.29, 0.717) is 22.5 Å². The van der Waals surface area contributed by atoms with Gasteiger partial charge in [0.25, 0.3) is 0 Å². The van der Waals surface area contributed by atoms with Gasteiger partial charge in [-0.2, -0.15) is 4.98 Å². The Labute approximate surface area is 179 Å². The minimum atomic E-state index is -0.630. The van der Waals surface area contributed by atoms with E-state index in [1.165, 1.54) is 10.6 Å². The summed E-state index contributed by atoms with van der Waals surface area (Å²) >= 11 is 6.06. The van der Waals surface area contributed by atoms with E-state index in [9.17, 15) is 9.18 Å². The normalized spacial score (nSPS) is 17.2. The Morgan fingerprint density at radius 3 is 2.73 bits per heavy atom. The summed E-state index contributed by atoms with van der Waals surface area (Å²) in [6, 6.07) is 3.38. The Kier molecular flexibility index (Phi) is 5.49. The van der Waals surface area contributed by atoms with Crippen LogP contribution in [-0.2, 0) is 0 Å². The van der Waals surface area contributed by atoms with Crippen LogP contribution in [0.25, 0.3) is 16.7 Å². The standard InChI is InChI=1S/C22H25ClFN5O/c1-12(2)17-18(13(3)8-9-25-17)29-21-15(11-16(24)19(23)26-21)20(27-22(29)30)28-10-6-5-7-14(28)4/h8-9,11-12,14H,5-7,10H2,1-4H3/t14-/m0/s1. The van der Waals surface area contributed by atoms with Crippen LogP contribution < -0.4 is 10.6 Å². The summed E-state index contributed by atoms with van der Waals surface area (Å²) in [6.07, 6.45) is 4.84. The van der Waals surface area contributed by atoms with Gasteiger partial charge in [0.15, 0.2) is 16.6 Å². The van der Waals surface area contributed by atoms with Crippen molar-refractivity contribution in [1.29, 1.82) is 0 Å². The van der Waals surface area contributed by atoms with Crippen molar-refractivity contribution >= 4 is 28.5 Å². The molecule has 1 fully saturated rings. The average Bonchev–Trinajstić information content (AvgIpc) is 2.70. The van der Waals surface area contributed by atoms with Crippen LogP contribution in [0.5, 0.6) is 0 Å². The monoisotopic (exact) mass is 429 g/mol. The molecule has 0 radical (unpaired) electrons. The van der Waals surface area contributed by atoms with E-state index in [4.69, 9.17) is 11.6 Å². The Hall–Kier alpha value is -2.54. The zero-order valence-electron chi connectivity index (χ0n) is 17.6. The smallest absolute Gasteiger partial charge is 0.353 e. The van der Waals surface area contributed by atoms with Crippen molar-refractivity contribution in [2.45, 2.75) is 58.9 Å². The van der Waals surface area contributed by atoms with Crippen molar-refractivity contribution in [3.8, 4) is 5.69 Å². The van der Waals surface area contributed by atoms with Gasteiger partial charge in [-0.25, -0.2) is 18.7 Å². The predicted octanol–water partition coefficient (Wildman–Crippen LogP) is 4.78. The molecular weight excluding hydrogens is 405 g/mol. The first-order valence-electron chi connectivity index (χ1n) is 10.3. The van der Waals surface area contributed by atoms with E-state index < -0.39 is 11.5 Å². The highest BCUT2D eigenvalue weighted by atomic mass is 35.5. The van der Waals surface area contributed by atoms with Gasteiger partial charge in [-0.15, -0.1) is 0 Å². The highest BCUT2D eigenvalue weighted by molar-refractivity contribution is 6.30. The third-order valence-corrected chi connectivity index (χ3v) is 6.02. The number of hydrogen-bond donors (Lipinski definition) is 0. The Bertz CT molecular complexity index is 1180. The molecule has 30 heavy (non-hydrogen) atoms. The zero-order valence-corrected chi connectivity index (χ0v) is 18.4. The number of anilines is 1. The molecule has 0 unspecified atom stereocenters. The van der Waals surface area contributed by atoms with Crippen LogP contribution in [0.2, 0.25) is 5.15 Å². The fraction of sp³-hybridized carbons (Fsp3) is 0.455. The van der Waals surface area contributed by atoms with Crippen LogP contribution in [0.15, 0.2) is 23.1 Å². The first-order valence-corrected chi connectivity index (χ1v) is 10.7. The summed E-state index contributed by atoms with van der Waals surface area (Å²) in [7, 11) is 0. The van der Waals surface area contributed by atoms with Crippen LogP contribution in [0, 0.1) is 12.7 Å². The quantitative estimate of drug-likeness (QED) is 0.560. The van der Waals surface area contributed by atoms with Crippen LogP contribution >= 0.6 is 11.6 Å². The van der Waals surface area contributed by atoms with Gasteiger partial charge in [-0.3, -0.25) is 4.98 Å². The van der Waals surface area contributed by atoms with Gasteiger partial charge in [-0.1, -0.05) is 25.4 Å². The molecule has 1 aliphatic heterocycles. The molecule has 0 aliphatic carbocycles. The first-order chi connectivity index (χ1) is 14.3. The lowest BCUT2D eigenvalue weighted by molar-refractivity contribution is 0.481. The summed E-state index contributed by atoms with van der Waals surface area (Å²) in [6.45, 7) is 8.79. The number of hydrogen-bond acceptors (Lipinski definition) is 5. The van der Waals surface area contributed by atoms with E-state index in [0.717, 1.165) is 37.1 Å². The lowest BCUT2D eigenvalue weighted by atomic mass is 10.0. The summed E-state index contributed by atoms with van der Waals surface area (Å²) in [5.41, 5.74) is 2.07. The van der Waals surface area contributed by atoms with Crippen molar-refractivity contribution in [3.05, 3.63) is 51.0 Å². The van der Waals surface area contributed by atoms with Gasteiger partial charge < -0.3 is 4.90 Å². The molecule has 1 saturated heterocycles. The van der Waals surface area contributed by atoms with Gasteiger partial charge in [-0.05, 0) is 56.7 Å². The fourth-order valence-electron chi connectivity index (χ4n) is 4.20. The maximum Gasteiger partial charge on any atom is 0.355 e. The number of aryl methyl sites for hydroxylation is 1. The second-order valence-corrected chi connectivity index (χ2v) is 8.60. The minimum absolute atomic E-state index is 0.0690. The van der Waals surface area contributed by atoms with E-state index >= 15 is 0 Å². The van der Waals surface area contributed by atoms with E-state index in [2.05, 4.69) is 26.8 Å². The molecule has 3 aromatic heterocycles. The number of halogens is 2. The minimum Gasteiger partial charge on any atom is -0.353 e. The SMILES string of the molecule is Cc1ccnc(C(C)C)c1-n1c(=O)nc(N2CCCC[C@@H]2C)c2cc(F)c(Cl)nc21. The molecule has 3 aromatic rings. The molecule has 0 saturated carbocycles. The number of aromatic nitrogens is 4. The molecule has 0 N–H and O–H groups in total. The third kappa shape index (κ3) is 3.45. The second kappa shape index (κ2) is 7.95. The Morgan fingerprint density at radius 1 is 1.27 bits per heavy atom. The van der Waals surface area contributed by atoms with Crippen molar-refractivity contribution in [1.82, 2.24) is 19.5 Å². The van der Waals surface area contributed by atoms with Gasteiger partial charge in [0.1, 0.15) is 5.82 Å². The molecule has 6 nitrogen and oxygen atoms in total. The van der Waals surface area contributed by atoms with Crippen LogP contribution in [-0.4, -0.2) is 32.1 Å². The van der Waals surface area contributed by atoms with Crippen molar-refractivity contribution in [2.24, 2.45) is 0 Å². The van der Waals surface area contributed by atoms with Crippen molar-refractivity contribution < 1.29 is 4.39 Å². The molecule has 0 amide bonds. The average molecular weight is 430 g/mol. The number of piperidine rings is 1. The molecule has 8 heteroatoms. The van der Waals surface area contributed by atoms with E-state index in [1.807, 2.05) is 26.8 Å². The Balaban J connectivity index is 2.10. The summed E-state index contributed by atoms with van der Waals surface area (Å²) < 4.78 is 15.9. The number of pyridine rings is 2. The maximum absolute atomic E-state index is 14.5. The van der Waals surface area contributed by atoms with Gasteiger partial charge in [0, 0.05) is 18.8 Å². The zero-order chi connectivity index (χ0) is 21.6. The number of rotatable bonds is 3. The molecular formula is C22H25ClFN5O. The fourth-order valence-corrected chi connectivity index (χ4v) is 4.34. The van der Waals surface area contributed by atoms with Crippen LogP contribution in [0.4, 0.5) is 10.2 Å². The summed E-state index contributed by atoms with van der Waals surface area (Å²) in [5.74, 6) is -0.0946. The molecule has 0 bridgehead atoms. The predicted molar refractivity (Wildman–Crippen MR) is 117 cm³/mol. The van der Waals surface area contributed by atoms with Crippen LogP contribution in [0.1, 0.15) is 57.2 Å². The third-order valence-electron chi connectivity index (χ3n) is 5.76. The Morgan fingerprint density at radius 2 is 2.03 bits per heavy atom. The largest absolute Gasteiger partial charge is 0.355 e. The maximum atomic E-state index is 14.5. The van der Waals surface area contributed by atoms with Crippen molar-refractivity contribution in [3.63, 3.8) is 0 Å². The van der Waals surface area contributed by atoms with Gasteiger partial charge >= 0.3 is 5.69 Å². The molecule has 4 heterocycles. The van der Waals surface area contributed by atoms with Crippen LogP contribution in [0.3, 0.4) is 0 Å². The highest BCUT2D eigenvalue weighted by Crippen LogP contribution is 2.32. The lowest BCUT2D eigenvalue weighted by Crippen LogP contribution is -2.40. The van der Waals surface area contributed by atoms with Gasteiger partial charge in [0.05, 0.1) is 16.8 Å². The van der Waals surface area contributed by atoms with E-state index in [1.54, 1.807) is 6.20 Å². The molecule has 1 aliphatic rings. The summed E-state index contributed by atoms with van der Waals surface area (Å²) in [5, 5.41) is 0.204. The first kappa shape index (κ1) is 20.7. The number of nitrogens with zero attached hydrogens (tertiary/aromatic N) is 5. The summed E-state index contributed by atoms with van der Waals surface area (Å²) in [4.78, 5) is 28.6. The molecule has 4 rings (SSSR count).